The first-order chi connectivity index (χ1) is 40.6. The third-order valence-electron chi connectivity index (χ3n) is 17.1. The minimum atomic E-state index is -0.618. The van der Waals surface area contributed by atoms with Gasteiger partial charge in [-0.15, -0.1) is 0 Å². The molecule has 0 aliphatic carbocycles. The number of carbonyl (C=O) groups excluding carboxylic acids is 4. The summed E-state index contributed by atoms with van der Waals surface area (Å²) in [7, 11) is 4.30. The third kappa shape index (κ3) is 15.0. The summed E-state index contributed by atoms with van der Waals surface area (Å²) < 4.78 is 39.6. The predicted octanol–water partition coefficient (Wildman–Crippen LogP) is 15.2. The van der Waals surface area contributed by atoms with Crippen LogP contribution in [0.25, 0.3) is 0 Å². The molecule has 444 valence electrons. The first-order valence-electron chi connectivity index (χ1n) is 29.8. The average molecular weight is 1150 g/mol. The molecule has 17 heteroatoms. The molecule has 4 atom stereocenters. The molecule has 6 aromatic carbocycles. The molecule has 4 heterocycles. The molecule has 4 fully saturated rings. The van der Waals surface area contributed by atoms with Crippen molar-refractivity contribution >= 4 is 46.6 Å². The van der Waals surface area contributed by atoms with Gasteiger partial charge in [0.2, 0.25) is 0 Å². The van der Waals surface area contributed by atoms with Gasteiger partial charge in [-0.2, -0.15) is 0 Å². The minimum absolute atomic E-state index is 0.0513. The van der Waals surface area contributed by atoms with Gasteiger partial charge in [0.15, 0.2) is 11.4 Å². The van der Waals surface area contributed by atoms with Crippen molar-refractivity contribution in [2.45, 2.75) is 160 Å². The lowest BCUT2D eigenvalue weighted by molar-refractivity contribution is -0.0825. The first kappa shape index (κ1) is 60.4. The summed E-state index contributed by atoms with van der Waals surface area (Å²) in [5, 5.41) is 17.2. The van der Waals surface area contributed by atoms with Crippen LogP contribution in [0.4, 0.5) is 36.7 Å². The lowest BCUT2D eigenvalue weighted by Gasteiger charge is -2.42. The number of piperidine rings is 2. The monoisotopic (exact) mass is 1140 g/mol. The Balaban J connectivity index is 0.000000202. The molecule has 6 N–H and O–H groups in total. The SMILES string of the molecule is CCC(CC)NC(=O)Nc1ccc(Oc2ccc(NC(=O)c3ccc(OC45CCCC(CC4)N5C)cc3)c(F)c2)cc1.CCC(CC)NC(=O)Nc1ccc(Oc2ccc(NC(=O)c3ccc(OC45CCCC(CC4)N5C)cc3)cc2)c(C)c1. The molecule has 6 aromatic rings. The van der Waals surface area contributed by atoms with Crippen molar-refractivity contribution in [2.24, 2.45) is 0 Å². The molecule has 4 aliphatic rings. The number of halogens is 1. The van der Waals surface area contributed by atoms with Crippen LogP contribution in [0.2, 0.25) is 0 Å². The molecule has 4 saturated heterocycles. The fourth-order valence-corrected chi connectivity index (χ4v) is 11.9. The Morgan fingerprint density at radius 2 is 0.929 bits per heavy atom. The summed E-state index contributed by atoms with van der Waals surface area (Å²) in [5.74, 6) is 2.39. The van der Waals surface area contributed by atoms with Crippen molar-refractivity contribution in [2.75, 3.05) is 35.4 Å². The summed E-state index contributed by atoms with van der Waals surface area (Å²) >= 11 is 0. The number of carbonyl (C=O) groups is 4. The van der Waals surface area contributed by atoms with Gasteiger partial charge >= 0.3 is 12.1 Å². The molecule has 0 radical (unpaired) electrons. The second-order valence-electron chi connectivity index (χ2n) is 22.5. The number of nitrogens with zero attached hydrogens (tertiary/aromatic N) is 2. The van der Waals surface area contributed by atoms with Crippen LogP contribution in [0, 0.1) is 12.7 Å². The molecule has 4 bridgehead atoms. The second-order valence-corrected chi connectivity index (χ2v) is 22.5. The zero-order valence-corrected chi connectivity index (χ0v) is 49.4. The van der Waals surface area contributed by atoms with Gasteiger partial charge in [-0.25, -0.2) is 14.0 Å². The minimum Gasteiger partial charge on any atom is -0.473 e. The topological polar surface area (TPSA) is 184 Å². The standard InChI is InChI=1S/C34H42N4O4.C33H39FN4O4/c1-5-25(6-2)36-33(40)37-27-13-18-31(23(3)22-27)41-29-16-11-26(12-17-29)35-32(39)24-9-14-30(15-10-24)42-34-20-7-8-28(19-21-34)38(34)4;1-4-23(5-2)35-32(40)36-24-10-14-26(15-11-24)41-28-16-17-30(29(34)21-28)37-31(39)22-8-12-27(13-9-22)42-33-19-6-7-25(18-20-33)38(33)3/h9-18,22,25,28H,5-8,19-21H2,1-4H3,(H,35,39)(H2,36,37,40);8-17,21,23,25H,4-7,18-20H2,1-3H3,(H,37,39)(H2,35,36,40). The van der Waals surface area contributed by atoms with Crippen molar-refractivity contribution in [3.8, 4) is 34.5 Å². The summed E-state index contributed by atoms with van der Waals surface area (Å²) in [5.41, 5.74) is 3.43. The Labute approximate surface area is 493 Å². The molecule has 0 saturated carbocycles. The van der Waals surface area contributed by atoms with Crippen LogP contribution >= 0.6 is 0 Å². The number of anilines is 4. The fourth-order valence-electron chi connectivity index (χ4n) is 11.9. The smallest absolute Gasteiger partial charge is 0.319 e. The highest BCUT2D eigenvalue weighted by molar-refractivity contribution is 6.05. The molecular weight excluding hydrogens is 1060 g/mol. The number of urea groups is 2. The van der Waals surface area contributed by atoms with E-state index in [2.05, 4.69) is 69.6 Å². The van der Waals surface area contributed by atoms with E-state index < -0.39 is 11.7 Å². The van der Waals surface area contributed by atoms with Crippen molar-refractivity contribution < 1.29 is 42.5 Å². The second kappa shape index (κ2) is 27.5. The Bertz CT molecular complexity index is 3200. The summed E-state index contributed by atoms with van der Waals surface area (Å²) in [4.78, 5) is 54.9. The van der Waals surface area contributed by atoms with Crippen molar-refractivity contribution in [3.05, 3.63) is 156 Å². The van der Waals surface area contributed by atoms with Gasteiger partial charge in [0.1, 0.15) is 40.3 Å². The van der Waals surface area contributed by atoms with Crippen LogP contribution in [0.5, 0.6) is 34.5 Å². The summed E-state index contributed by atoms with van der Waals surface area (Å²) in [6.45, 7) is 10.1. The maximum atomic E-state index is 14.9. The highest BCUT2D eigenvalue weighted by Gasteiger charge is 2.50. The first-order valence-corrected chi connectivity index (χ1v) is 29.8. The summed E-state index contributed by atoms with van der Waals surface area (Å²) in [6, 6.07) is 39.2. The number of fused-ring (bicyclic) bond motifs is 4. The number of ether oxygens (including phenoxy) is 4. The normalized spacial score (nSPS) is 19.8. The number of nitrogens with one attached hydrogen (secondary N) is 6. The van der Waals surface area contributed by atoms with E-state index in [9.17, 15) is 23.6 Å². The van der Waals surface area contributed by atoms with E-state index >= 15 is 0 Å². The van der Waals surface area contributed by atoms with Gasteiger partial charge in [0.25, 0.3) is 11.8 Å². The molecule has 10 rings (SSSR count). The van der Waals surface area contributed by atoms with Gasteiger partial charge in [-0.05, 0) is 218 Å². The van der Waals surface area contributed by atoms with E-state index in [4.69, 9.17) is 18.9 Å². The number of hydrogen-bond acceptors (Lipinski definition) is 10. The lowest BCUT2D eigenvalue weighted by Crippen LogP contribution is -2.51. The highest BCUT2D eigenvalue weighted by Crippen LogP contribution is 2.45. The van der Waals surface area contributed by atoms with Crippen molar-refractivity contribution in [3.63, 3.8) is 0 Å². The maximum absolute atomic E-state index is 14.9. The number of aryl methyl sites for hydroxylation is 1. The van der Waals surface area contributed by atoms with Gasteiger partial charge in [0.05, 0.1) is 5.69 Å². The maximum Gasteiger partial charge on any atom is 0.319 e. The van der Waals surface area contributed by atoms with E-state index in [1.807, 2.05) is 87.5 Å². The molecule has 84 heavy (non-hydrogen) atoms. The van der Waals surface area contributed by atoms with Gasteiger partial charge in [-0.3, -0.25) is 19.4 Å². The van der Waals surface area contributed by atoms with E-state index in [-0.39, 0.29) is 52.9 Å². The number of amides is 6. The van der Waals surface area contributed by atoms with Crippen LogP contribution in [0.15, 0.2) is 133 Å². The van der Waals surface area contributed by atoms with Gasteiger partial charge < -0.3 is 50.8 Å². The average Bonchev–Trinajstić information content (AvgIpc) is 3.93. The van der Waals surface area contributed by atoms with Crippen LogP contribution < -0.4 is 50.8 Å². The molecule has 0 aromatic heterocycles. The van der Waals surface area contributed by atoms with Crippen molar-refractivity contribution in [1.29, 1.82) is 0 Å². The zero-order valence-electron chi connectivity index (χ0n) is 49.4. The molecule has 4 aliphatic heterocycles. The molecule has 6 amide bonds. The Morgan fingerprint density at radius 1 is 0.500 bits per heavy atom. The van der Waals surface area contributed by atoms with Crippen molar-refractivity contribution in [1.82, 2.24) is 20.4 Å². The quantitative estimate of drug-likeness (QED) is 0.0430. The largest absolute Gasteiger partial charge is 0.473 e. The number of hydrogen-bond donors (Lipinski definition) is 6. The van der Waals surface area contributed by atoms with Crippen LogP contribution in [-0.2, 0) is 0 Å². The summed E-state index contributed by atoms with van der Waals surface area (Å²) in [6.07, 6.45) is 14.8. The van der Waals surface area contributed by atoms with E-state index in [0.717, 1.165) is 81.3 Å². The zero-order chi connectivity index (χ0) is 59.4. The van der Waals surface area contributed by atoms with Crippen LogP contribution in [0.1, 0.15) is 144 Å². The van der Waals surface area contributed by atoms with E-state index in [1.54, 1.807) is 54.6 Å². The van der Waals surface area contributed by atoms with Gasteiger partial charge in [0, 0.05) is 84.1 Å². The third-order valence-corrected chi connectivity index (χ3v) is 17.1. The van der Waals surface area contributed by atoms with Gasteiger partial charge in [-0.1, -0.05) is 27.7 Å². The number of rotatable bonds is 20. The van der Waals surface area contributed by atoms with Crippen LogP contribution in [-0.4, -0.2) is 83.4 Å². The predicted molar refractivity (Wildman–Crippen MR) is 328 cm³/mol. The molecule has 0 spiro atoms. The number of benzene rings is 6. The Hall–Kier alpha value is -8.15. The molecular formula is C67H81FN8O8. The van der Waals surface area contributed by atoms with E-state index in [0.29, 0.717) is 57.5 Å². The lowest BCUT2D eigenvalue weighted by atomic mass is 10.0. The van der Waals surface area contributed by atoms with Crippen LogP contribution in [0.3, 0.4) is 0 Å². The highest BCUT2D eigenvalue weighted by atomic mass is 19.1. The molecule has 4 unspecified atom stereocenters. The van der Waals surface area contributed by atoms with E-state index in [1.165, 1.54) is 37.8 Å². The molecule has 16 nitrogen and oxygen atoms in total. The Morgan fingerprint density at radius 3 is 1.40 bits per heavy atom. The fraction of sp³-hybridized carbons (Fsp3) is 0.403. The Kier molecular flexibility index (Phi) is 19.8.